The lowest BCUT2D eigenvalue weighted by Gasteiger charge is -2.37. The van der Waals surface area contributed by atoms with Crippen molar-refractivity contribution >= 4 is 29.3 Å². The molecule has 32 heavy (non-hydrogen) atoms. The van der Waals surface area contributed by atoms with Crippen LogP contribution < -0.4 is 15.5 Å². The van der Waals surface area contributed by atoms with E-state index in [1.165, 1.54) is 0 Å². The van der Waals surface area contributed by atoms with E-state index in [4.69, 9.17) is 0 Å². The van der Waals surface area contributed by atoms with E-state index in [1.807, 2.05) is 6.07 Å². The summed E-state index contributed by atoms with van der Waals surface area (Å²) in [4.78, 5) is 55.4. The number of piperidine rings is 2. The Bertz CT molecular complexity index is 950. The van der Waals surface area contributed by atoms with Crippen LogP contribution in [-0.4, -0.2) is 85.3 Å². The maximum atomic E-state index is 13.1. The molecule has 3 fully saturated rings. The first-order valence-corrected chi connectivity index (χ1v) is 11.5. The van der Waals surface area contributed by atoms with Crippen LogP contribution in [0, 0.1) is 5.92 Å². The molecule has 4 heterocycles. The van der Waals surface area contributed by atoms with E-state index in [2.05, 4.69) is 20.4 Å². The molecule has 2 N–H and O–H groups in total. The van der Waals surface area contributed by atoms with Crippen LogP contribution in [0.4, 0.5) is 5.69 Å². The van der Waals surface area contributed by atoms with Crippen LogP contribution >= 0.6 is 0 Å². The Balaban J connectivity index is 1.25. The fourth-order valence-electron chi connectivity index (χ4n) is 5.29. The molecular weight excluding hydrogens is 410 g/mol. The first-order valence-electron chi connectivity index (χ1n) is 11.5. The summed E-state index contributed by atoms with van der Waals surface area (Å²) >= 11 is 0. The predicted molar refractivity (Wildman–Crippen MR) is 117 cm³/mol. The van der Waals surface area contributed by atoms with Gasteiger partial charge in [0, 0.05) is 57.9 Å². The Morgan fingerprint density at radius 3 is 2.31 bits per heavy atom. The number of carbonyl (C=O) groups excluding carboxylic acids is 4. The fourth-order valence-corrected chi connectivity index (χ4v) is 5.29. The van der Waals surface area contributed by atoms with Crippen LogP contribution in [0.5, 0.6) is 0 Å². The Kier molecular flexibility index (Phi) is 5.69. The number of nitrogens with one attached hydrogen (secondary N) is 2. The third-order valence-corrected chi connectivity index (χ3v) is 7.13. The molecule has 170 valence electrons. The molecule has 1 aromatic rings. The Morgan fingerprint density at radius 2 is 1.59 bits per heavy atom. The highest BCUT2D eigenvalue weighted by molar-refractivity contribution is 6.23. The molecule has 4 aliphatic rings. The molecule has 4 aliphatic heterocycles. The highest BCUT2D eigenvalue weighted by Crippen LogP contribution is 2.32. The van der Waals surface area contributed by atoms with E-state index in [0.717, 1.165) is 69.2 Å². The van der Waals surface area contributed by atoms with Gasteiger partial charge in [0.05, 0.1) is 11.1 Å². The molecule has 0 bridgehead atoms. The maximum absolute atomic E-state index is 13.1. The number of amides is 4. The first-order chi connectivity index (χ1) is 15.5. The van der Waals surface area contributed by atoms with Crippen LogP contribution in [0.2, 0.25) is 0 Å². The summed E-state index contributed by atoms with van der Waals surface area (Å²) < 4.78 is 0. The molecule has 0 radical (unpaired) electrons. The lowest BCUT2D eigenvalue weighted by atomic mass is 9.95. The van der Waals surface area contributed by atoms with Crippen molar-refractivity contribution in [1.29, 1.82) is 0 Å². The molecule has 5 rings (SSSR count). The van der Waals surface area contributed by atoms with Crippen molar-refractivity contribution in [3.8, 4) is 0 Å². The maximum Gasteiger partial charge on any atom is 0.262 e. The monoisotopic (exact) mass is 439 g/mol. The van der Waals surface area contributed by atoms with Gasteiger partial charge in [0.25, 0.3) is 11.8 Å². The number of imide groups is 2. The van der Waals surface area contributed by atoms with Crippen molar-refractivity contribution < 1.29 is 19.2 Å². The Morgan fingerprint density at radius 1 is 0.875 bits per heavy atom. The second-order valence-corrected chi connectivity index (χ2v) is 9.16. The largest absolute Gasteiger partial charge is 0.371 e. The number of hydrogen-bond acceptors (Lipinski definition) is 7. The highest BCUT2D eigenvalue weighted by Gasteiger charge is 2.44. The van der Waals surface area contributed by atoms with Gasteiger partial charge in [-0.25, -0.2) is 0 Å². The smallest absolute Gasteiger partial charge is 0.262 e. The number of carbonyl (C=O) groups is 4. The van der Waals surface area contributed by atoms with E-state index >= 15 is 0 Å². The van der Waals surface area contributed by atoms with Crippen molar-refractivity contribution in [3.63, 3.8) is 0 Å². The van der Waals surface area contributed by atoms with Crippen molar-refractivity contribution in [2.75, 3.05) is 50.7 Å². The van der Waals surface area contributed by atoms with Crippen molar-refractivity contribution in [3.05, 3.63) is 29.3 Å². The molecular formula is C23H29N5O4. The zero-order valence-corrected chi connectivity index (χ0v) is 18.1. The van der Waals surface area contributed by atoms with Crippen LogP contribution in [0.3, 0.4) is 0 Å². The lowest BCUT2D eigenvalue weighted by molar-refractivity contribution is -0.136. The highest BCUT2D eigenvalue weighted by atomic mass is 16.2. The number of nitrogens with zero attached hydrogens (tertiary/aromatic N) is 3. The van der Waals surface area contributed by atoms with Gasteiger partial charge in [0.15, 0.2) is 0 Å². The minimum Gasteiger partial charge on any atom is -0.371 e. The molecule has 4 amide bonds. The third kappa shape index (κ3) is 3.91. The second-order valence-electron chi connectivity index (χ2n) is 9.16. The summed E-state index contributed by atoms with van der Waals surface area (Å²) in [5, 5.41) is 5.63. The summed E-state index contributed by atoms with van der Waals surface area (Å²) in [6.07, 6.45) is 2.51. The lowest BCUT2D eigenvalue weighted by Crippen LogP contribution is -2.54. The summed E-state index contributed by atoms with van der Waals surface area (Å²) in [6, 6.07) is 4.46. The summed E-state index contributed by atoms with van der Waals surface area (Å²) in [7, 11) is 0. The summed E-state index contributed by atoms with van der Waals surface area (Å²) in [5.41, 5.74) is 1.62. The number of anilines is 1. The van der Waals surface area contributed by atoms with Gasteiger partial charge in [-0.1, -0.05) is 0 Å². The number of fused-ring (bicyclic) bond motifs is 1. The van der Waals surface area contributed by atoms with Crippen molar-refractivity contribution in [2.24, 2.45) is 5.92 Å². The van der Waals surface area contributed by atoms with Crippen LogP contribution in [0.15, 0.2) is 18.2 Å². The Hall–Kier alpha value is -2.78. The van der Waals surface area contributed by atoms with E-state index in [0.29, 0.717) is 17.0 Å². The van der Waals surface area contributed by atoms with E-state index in [-0.39, 0.29) is 18.7 Å². The molecule has 9 heteroatoms. The average Bonchev–Trinajstić information content (AvgIpc) is 3.05. The normalized spacial score (nSPS) is 25.3. The van der Waals surface area contributed by atoms with Gasteiger partial charge >= 0.3 is 0 Å². The fraction of sp³-hybridized carbons (Fsp3) is 0.565. The number of benzene rings is 1. The minimum absolute atomic E-state index is 0.123. The van der Waals surface area contributed by atoms with Gasteiger partial charge in [-0.2, -0.15) is 0 Å². The standard InChI is InChI=1S/C23H29N5O4/c29-20-4-3-19(21(30)25-20)28-22(31)17-2-1-16(13-18(17)23(28)32)27-9-5-15(6-10-27)14-26-11-7-24-8-12-26/h1-2,13,15,19,24H,3-12,14H2,(H,25,29,30). The third-order valence-electron chi connectivity index (χ3n) is 7.13. The van der Waals surface area contributed by atoms with Crippen LogP contribution in [0.1, 0.15) is 46.4 Å². The second kappa shape index (κ2) is 8.63. The molecule has 9 nitrogen and oxygen atoms in total. The molecule has 1 atom stereocenters. The van der Waals surface area contributed by atoms with Gasteiger partial charge in [0.2, 0.25) is 11.8 Å². The van der Waals surface area contributed by atoms with E-state index < -0.39 is 23.8 Å². The van der Waals surface area contributed by atoms with Gasteiger partial charge in [-0.05, 0) is 43.4 Å². The quantitative estimate of drug-likeness (QED) is 0.647. The minimum atomic E-state index is -0.927. The van der Waals surface area contributed by atoms with Gasteiger partial charge < -0.3 is 15.1 Å². The number of hydrogen-bond donors (Lipinski definition) is 2. The van der Waals surface area contributed by atoms with Crippen LogP contribution in [0.25, 0.3) is 0 Å². The molecule has 1 aromatic carbocycles. The van der Waals surface area contributed by atoms with E-state index in [1.54, 1.807) is 12.1 Å². The Labute approximate surface area is 187 Å². The number of piperazine rings is 1. The molecule has 0 aromatic heterocycles. The molecule has 0 saturated carbocycles. The zero-order valence-electron chi connectivity index (χ0n) is 18.1. The molecule has 0 spiro atoms. The SMILES string of the molecule is O=C1CCC(N2C(=O)c3ccc(N4CCC(CN5CCNCC5)CC4)cc3C2=O)C(=O)N1. The average molecular weight is 440 g/mol. The van der Waals surface area contributed by atoms with Gasteiger partial charge in [-0.3, -0.25) is 29.4 Å². The number of rotatable bonds is 4. The van der Waals surface area contributed by atoms with Crippen molar-refractivity contribution in [2.45, 2.75) is 31.7 Å². The molecule has 3 saturated heterocycles. The van der Waals surface area contributed by atoms with Crippen LogP contribution in [-0.2, 0) is 9.59 Å². The van der Waals surface area contributed by atoms with Gasteiger partial charge in [0.1, 0.15) is 6.04 Å². The van der Waals surface area contributed by atoms with Gasteiger partial charge in [-0.15, -0.1) is 0 Å². The topological polar surface area (TPSA) is 102 Å². The summed E-state index contributed by atoms with van der Waals surface area (Å²) in [6.45, 7) is 7.36. The van der Waals surface area contributed by atoms with E-state index in [9.17, 15) is 19.2 Å². The van der Waals surface area contributed by atoms with Crippen molar-refractivity contribution in [1.82, 2.24) is 20.4 Å². The first kappa shape index (κ1) is 21.1. The predicted octanol–water partition coefficient (Wildman–Crippen LogP) is 0.209. The zero-order chi connectivity index (χ0) is 22.2. The summed E-state index contributed by atoms with van der Waals surface area (Å²) in [5.74, 6) is -1.17. The molecule has 0 aliphatic carbocycles. The molecule has 1 unspecified atom stereocenters.